The number of nitrogens with one attached hydrogen (secondary N) is 1. The van der Waals surface area contributed by atoms with E-state index in [1.807, 2.05) is 12.1 Å². The molecule has 2 aromatic carbocycles. The molecule has 0 fully saturated rings. The summed E-state index contributed by atoms with van der Waals surface area (Å²) in [5.74, 6) is 0. The third-order valence-electron chi connectivity index (χ3n) is 4.19. The maximum Gasteiger partial charge on any atom is 0.173 e. The first-order chi connectivity index (χ1) is 12.4. The van der Waals surface area contributed by atoms with Gasteiger partial charge in [-0.05, 0) is 51.5 Å². The van der Waals surface area contributed by atoms with Crippen molar-refractivity contribution >= 4 is 29.1 Å². The molecule has 1 heterocycles. The standard InChI is InChI=1S/C21H24ClN3S/c1-14(2)23-18-10-11-20(19(22)12-18)26-21-24-15(3)16(4)25(21)13-17-8-6-5-7-9-17/h5-12,14,23H,13H2,1-4H3. The number of halogens is 1. The van der Waals surface area contributed by atoms with E-state index in [4.69, 9.17) is 16.6 Å². The molecule has 5 heteroatoms. The molecule has 0 unspecified atom stereocenters. The number of imidazole rings is 1. The fourth-order valence-electron chi connectivity index (χ4n) is 2.76. The number of aromatic nitrogens is 2. The molecule has 0 spiro atoms. The average Bonchev–Trinajstić information content (AvgIpc) is 2.85. The monoisotopic (exact) mass is 385 g/mol. The number of anilines is 1. The lowest BCUT2D eigenvalue weighted by atomic mass is 10.2. The van der Waals surface area contributed by atoms with Crippen molar-refractivity contribution in [2.75, 3.05) is 5.32 Å². The van der Waals surface area contributed by atoms with E-state index in [9.17, 15) is 0 Å². The summed E-state index contributed by atoms with van der Waals surface area (Å²) in [6.45, 7) is 9.20. The van der Waals surface area contributed by atoms with Gasteiger partial charge in [0.15, 0.2) is 5.16 Å². The lowest BCUT2D eigenvalue weighted by Crippen LogP contribution is -2.09. The average molecular weight is 386 g/mol. The fraction of sp³-hybridized carbons (Fsp3) is 0.286. The van der Waals surface area contributed by atoms with Gasteiger partial charge in [-0.15, -0.1) is 0 Å². The summed E-state index contributed by atoms with van der Waals surface area (Å²) in [4.78, 5) is 5.78. The van der Waals surface area contributed by atoms with Gasteiger partial charge < -0.3 is 9.88 Å². The van der Waals surface area contributed by atoms with Crippen LogP contribution in [0.25, 0.3) is 0 Å². The van der Waals surface area contributed by atoms with Gasteiger partial charge >= 0.3 is 0 Å². The van der Waals surface area contributed by atoms with Crippen molar-refractivity contribution in [2.24, 2.45) is 0 Å². The second-order valence-electron chi connectivity index (χ2n) is 6.68. The summed E-state index contributed by atoms with van der Waals surface area (Å²) < 4.78 is 2.26. The zero-order chi connectivity index (χ0) is 18.7. The maximum atomic E-state index is 6.52. The summed E-state index contributed by atoms with van der Waals surface area (Å²) in [5.41, 5.74) is 4.54. The van der Waals surface area contributed by atoms with Gasteiger partial charge in [-0.2, -0.15) is 0 Å². The molecule has 0 saturated carbocycles. The minimum Gasteiger partial charge on any atom is -0.383 e. The van der Waals surface area contributed by atoms with Gasteiger partial charge in [-0.25, -0.2) is 4.98 Å². The van der Waals surface area contributed by atoms with E-state index >= 15 is 0 Å². The first kappa shape index (κ1) is 18.9. The number of hydrogen-bond acceptors (Lipinski definition) is 3. The first-order valence-corrected chi connectivity index (χ1v) is 9.95. The van der Waals surface area contributed by atoms with Crippen LogP contribution >= 0.6 is 23.4 Å². The summed E-state index contributed by atoms with van der Waals surface area (Å²) in [7, 11) is 0. The molecular weight excluding hydrogens is 362 g/mol. The predicted molar refractivity (Wildman–Crippen MR) is 112 cm³/mol. The van der Waals surface area contributed by atoms with Gasteiger partial charge in [-0.1, -0.05) is 53.7 Å². The van der Waals surface area contributed by atoms with Crippen molar-refractivity contribution in [1.82, 2.24) is 9.55 Å². The SMILES string of the molecule is Cc1nc(Sc2ccc(NC(C)C)cc2Cl)n(Cc2ccccc2)c1C. The molecule has 0 aliphatic carbocycles. The molecule has 3 rings (SSSR count). The van der Waals surface area contributed by atoms with E-state index < -0.39 is 0 Å². The largest absolute Gasteiger partial charge is 0.383 e. The number of rotatable bonds is 6. The smallest absolute Gasteiger partial charge is 0.173 e. The second kappa shape index (κ2) is 8.19. The summed E-state index contributed by atoms with van der Waals surface area (Å²) in [6.07, 6.45) is 0. The van der Waals surface area contributed by atoms with Crippen molar-refractivity contribution in [1.29, 1.82) is 0 Å². The van der Waals surface area contributed by atoms with Crippen molar-refractivity contribution < 1.29 is 0 Å². The second-order valence-corrected chi connectivity index (χ2v) is 8.10. The van der Waals surface area contributed by atoms with Crippen LogP contribution in [0.1, 0.15) is 30.8 Å². The molecule has 0 radical (unpaired) electrons. The zero-order valence-corrected chi connectivity index (χ0v) is 17.2. The molecule has 0 atom stereocenters. The molecule has 0 bridgehead atoms. The van der Waals surface area contributed by atoms with Crippen LogP contribution in [0.4, 0.5) is 5.69 Å². The maximum absolute atomic E-state index is 6.52. The van der Waals surface area contributed by atoms with Crippen LogP contribution in [-0.4, -0.2) is 15.6 Å². The normalized spacial score (nSPS) is 11.2. The molecular formula is C21H24ClN3S. The van der Waals surface area contributed by atoms with Gasteiger partial charge in [0.1, 0.15) is 0 Å². The Morgan fingerprint density at radius 2 is 1.85 bits per heavy atom. The van der Waals surface area contributed by atoms with Crippen molar-refractivity contribution in [3.05, 3.63) is 70.5 Å². The molecule has 3 nitrogen and oxygen atoms in total. The van der Waals surface area contributed by atoms with Gasteiger partial charge in [0.25, 0.3) is 0 Å². The molecule has 0 saturated heterocycles. The zero-order valence-electron chi connectivity index (χ0n) is 15.6. The van der Waals surface area contributed by atoms with Gasteiger partial charge in [-0.3, -0.25) is 0 Å². The molecule has 136 valence electrons. The van der Waals surface area contributed by atoms with Crippen LogP contribution < -0.4 is 5.32 Å². The van der Waals surface area contributed by atoms with Crippen LogP contribution in [0.3, 0.4) is 0 Å². The van der Waals surface area contributed by atoms with Gasteiger partial charge in [0, 0.05) is 28.9 Å². The van der Waals surface area contributed by atoms with E-state index in [0.717, 1.165) is 33.0 Å². The number of benzene rings is 2. The minimum atomic E-state index is 0.375. The van der Waals surface area contributed by atoms with Crippen LogP contribution in [-0.2, 0) is 6.54 Å². The van der Waals surface area contributed by atoms with E-state index in [1.165, 1.54) is 11.3 Å². The van der Waals surface area contributed by atoms with Crippen molar-refractivity contribution in [2.45, 2.75) is 50.3 Å². The Labute approximate surface area is 164 Å². The Morgan fingerprint density at radius 3 is 2.50 bits per heavy atom. The van der Waals surface area contributed by atoms with Crippen molar-refractivity contribution in [3.8, 4) is 0 Å². The Bertz CT molecular complexity index is 888. The molecule has 1 N–H and O–H groups in total. The highest BCUT2D eigenvalue weighted by atomic mass is 35.5. The highest BCUT2D eigenvalue weighted by Crippen LogP contribution is 2.35. The van der Waals surface area contributed by atoms with Crippen LogP contribution in [0.2, 0.25) is 5.02 Å². The molecule has 1 aromatic heterocycles. The molecule has 0 amide bonds. The molecule has 0 aliphatic rings. The van der Waals surface area contributed by atoms with Gasteiger partial charge in [0.05, 0.1) is 10.7 Å². The predicted octanol–water partition coefficient (Wildman–Crippen LogP) is 6.17. The highest BCUT2D eigenvalue weighted by molar-refractivity contribution is 7.99. The van der Waals surface area contributed by atoms with E-state index in [1.54, 1.807) is 11.8 Å². The quantitative estimate of drug-likeness (QED) is 0.550. The van der Waals surface area contributed by atoms with Gasteiger partial charge in [0.2, 0.25) is 0 Å². The van der Waals surface area contributed by atoms with E-state index in [0.29, 0.717) is 6.04 Å². The third kappa shape index (κ3) is 4.43. The summed E-state index contributed by atoms with van der Waals surface area (Å²) in [6, 6.07) is 16.9. The Morgan fingerprint density at radius 1 is 1.12 bits per heavy atom. The van der Waals surface area contributed by atoms with E-state index in [2.05, 4.69) is 74.0 Å². The lowest BCUT2D eigenvalue weighted by Gasteiger charge is -2.13. The van der Waals surface area contributed by atoms with Crippen LogP contribution in [0.5, 0.6) is 0 Å². The summed E-state index contributed by atoms with van der Waals surface area (Å²) in [5, 5.41) is 5.09. The highest BCUT2D eigenvalue weighted by Gasteiger charge is 2.14. The summed E-state index contributed by atoms with van der Waals surface area (Å²) >= 11 is 8.14. The number of hydrogen-bond donors (Lipinski definition) is 1. The minimum absolute atomic E-state index is 0.375. The molecule has 3 aromatic rings. The van der Waals surface area contributed by atoms with E-state index in [-0.39, 0.29) is 0 Å². The topological polar surface area (TPSA) is 29.9 Å². The molecule has 26 heavy (non-hydrogen) atoms. The Kier molecular flexibility index (Phi) is 5.94. The lowest BCUT2D eigenvalue weighted by molar-refractivity contribution is 0.688. The first-order valence-electron chi connectivity index (χ1n) is 8.75. The molecule has 0 aliphatic heterocycles. The van der Waals surface area contributed by atoms with Crippen LogP contribution in [0.15, 0.2) is 58.6 Å². The Balaban J connectivity index is 1.87. The fourth-order valence-corrected chi connectivity index (χ4v) is 4.04. The van der Waals surface area contributed by atoms with Crippen LogP contribution in [0, 0.1) is 13.8 Å². The number of nitrogens with zero attached hydrogens (tertiary/aromatic N) is 2. The van der Waals surface area contributed by atoms with Crippen molar-refractivity contribution in [3.63, 3.8) is 0 Å². The third-order valence-corrected chi connectivity index (χ3v) is 5.69. The Hall–Kier alpha value is -1.91. The number of aryl methyl sites for hydroxylation is 1.